The molecule has 0 saturated heterocycles. The molecular weight excluding hydrogens is 703 g/mol. The molecular formula is C48H94NO7+. The van der Waals surface area contributed by atoms with Crippen LogP contribution in [0.25, 0.3) is 0 Å². The van der Waals surface area contributed by atoms with E-state index in [1.165, 1.54) is 167 Å². The quantitative estimate of drug-likeness (QED) is 0.0372. The lowest BCUT2D eigenvalue weighted by molar-refractivity contribution is -0.887. The number of aliphatic carboxylic acids is 1. The van der Waals surface area contributed by atoms with E-state index in [4.69, 9.17) is 14.2 Å². The van der Waals surface area contributed by atoms with Gasteiger partial charge in [0.05, 0.1) is 34.4 Å². The lowest BCUT2D eigenvalue weighted by Gasteiger charge is -2.31. The summed E-state index contributed by atoms with van der Waals surface area (Å²) in [5.41, 5.74) is 0. The van der Waals surface area contributed by atoms with E-state index in [1.54, 1.807) is 0 Å². The maximum atomic E-state index is 12.7. The first kappa shape index (κ1) is 54.3. The van der Waals surface area contributed by atoms with Crippen molar-refractivity contribution in [2.75, 3.05) is 41.0 Å². The van der Waals surface area contributed by atoms with Crippen molar-refractivity contribution in [2.45, 2.75) is 251 Å². The van der Waals surface area contributed by atoms with Gasteiger partial charge in [0.25, 0.3) is 0 Å². The van der Waals surface area contributed by atoms with Gasteiger partial charge in [-0.3, -0.25) is 9.59 Å². The molecule has 332 valence electrons. The minimum Gasteiger partial charge on any atom is -0.477 e. The predicted octanol–water partition coefficient (Wildman–Crippen LogP) is 13.3. The summed E-state index contributed by atoms with van der Waals surface area (Å²) in [5.74, 6) is -1.45. The topological polar surface area (TPSA) is 99.1 Å². The second-order valence-corrected chi connectivity index (χ2v) is 17.7. The maximum Gasteiger partial charge on any atom is 0.362 e. The molecule has 0 radical (unpaired) electrons. The molecule has 0 saturated carbocycles. The molecule has 0 spiro atoms. The standard InChI is InChI=1S/C48H93NO7/c1-6-8-10-12-14-16-18-19-20-21-22-23-24-25-26-27-28-29-31-32-34-36-38-46(50)55-43-44(42-54-41-40-45(48(52)53)49(3,4)5)56-47(51)39-37-35-33-30-17-15-13-11-9-7-2/h44-45H,6-43H2,1-5H3/p+1. The van der Waals surface area contributed by atoms with Crippen molar-refractivity contribution in [1.82, 2.24) is 0 Å². The number of quaternary nitrogens is 1. The molecule has 0 fully saturated rings. The molecule has 0 aliphatic heterocycles. The van der Waals surface area contributed by atoms with Crippen LogP contribution < -0.4 is 0 Å². The van der Waals surface area contributed by atoms with Crippen LogP contribution in [0.2, 0.25) is 0 Å². The number of rotatable bonds is 44. The molecule has 0 aromatic rings. The number of carboxylic acids is 1. The van der Waals surface area contributed by atoms with Crippen molar-refractivity contribution in [3.63, 3.8) is 0 Å². The molecule has 0 aliphatic rings. The van der Waals surface area contributed by atoms with E-state index in [9.17, 15) is 19.5 Å². The minimum atomic E-state index is -0.870. The maximum absolute atomic E-state index is 12.7. The zero-order valence-electron chi connectivity index (χ0n) is 37.9. The summed E-state index contributed by atoms with van der Waals surface area (Å²) in [6, 6.07) is -0.607. The third-order valence-corrected chi connectivity index (χ3v) is 11.3. The van der Waals surface area contributed by atoms with Gasteiger partial charge >= 0.3 is 17.9 Å². The van der Waals surface area contributed by atoms with Crippen LogP contribution in [0.5, 0.6) is 0 Å². The van der Waals surface area contributed by atoms with E-state index in [2.05, 4.69) is 13.8 Å². The summed E-state index contributed by atoms with van der Waals surface area (Å²) in [5, 5.41) is 9.61. The molecule has 0 amide bonds. The number of ether oxygens (including phenoxy) is 3. The van der Waals surface area contributed by atoms with E-state index in [1.807, 2.05) is 21.1 Å². The fourth-order valence-corrected chi connectivity index (χ4v) is 7.51. The van der Waals surface area contributed by atoms with Crippen LogP contribution in [0.3, 0.4) is 0 Å². The molecule has 8 heteroatoms. The Bertz CT molecular complexity index is 889. The second kappa shape index (κ2) is 40.1. The third kappa shape index (κ3) is 37.9. The fraction of sp³-hybridized carbons (Fsp3) is 0.938. The second-order valence-electron chi connectivity index (χ2n) is 17.7. The Hall–Kier alpha value is -1.67. The molecule has 2 atom stereocenters. The average molecular weight is 797 g/mol. The smallest absolute Gasteiger partial charge is 0.362 e. The number of unbranched alkanes of at least 4 members (excludes halogenated alkanes) is 30. The zero-order chi connectivity index (χ0) is 41.4. The van der Waals surface area contributed by atoms with Gasteiger partial charge < -0.3 is 23.8 Å². The fourth-order valence-electron chi connectivity index (χ4n) is 7.51. The van der Waals surface area contributed by atoms with Gasteiger partial charge in [-0.05, 0) is 12.8 Å². The number of carbonyl (C=O) groups is 3. The Labute approximate surface area is 346 Å². The third-order valence-electron chi connectivity index (χ3n) is 11.3. The van der Waals surface area contributed by atoms with Gasteiger partial charge in [0, 0.05) is 19.3 Å². The number of nitrogens with zero attached hydrogens (tertiary/aromatic N) is 1. The first-order chi connectivity index (χ1) is 27.1. The van der Waals surface area contributed by atoms with Gasteiger partial charge in [0.2, 0.25) is 0 Å². The summed E-state index contributed by atoms with van der Waals surface area (Å²) in [6.45, 7) is 4.77. The highest BCUT2D eigenvalue weighted by atomic mass is 16.6. The average Bonchev–Trinajstić information content (AvgIpc) is 3.15. The van der Waals surface area contributed by atoms with Crippen molar-refractivity contribution >= 4 is 17.9 Å². The molecule has 0 bridgehead atoms. The number of carboxylic acid groups (broad SMARTS) is 1. The highest BCUT2D eigenvalue weighted by Crippen LogP contribution is 2.17. The molecule has 0 aromatic heterocycles. The SMILES string of the molecule is CCCCCCCCCCCCCCCCCCCCCCCCC(=O)OCC(COCCC(C(=O)O)[N+](C)(C)C)OC(=O)CCCCCCCCCCCC. The first-order valence-corrected chi connectivity index (χ1v) is 24.1. The van der Waals surface area contributed by atoms with E-state index in [0.717, 1.165) is 38.5 Å². The Morgan fingerprint density at radius 1 is 0.464 bits per heavy atom. The van der Waals surface area contributed by atoms with Crippen LogP contribution in [0.4, 0.5) is 0 Å². The molecule has 0 heterocycles. The molecule has 0 aliphatic carbocycles. The Morgan fingerprint density at radius 2 is 0.786 bits per heavy atom. The summed E-state index contributed by atoms with van der Waals surface area (Å²) in [6.07, 6.45) is 41.6. The van der Waals surface area contributed by atoms with Crippen molar-refractivity contribution in [3.05, 3.63) is 0 Å². The predicted molar refractivity (Wildman–Crippen MR) is 234 cm³/mol. The largest absolute Gasteiger partial charge is 0.477 e. The van der Waals surface area contributed by atoms with E-state index < -0.39 is 18.1 Å². The molecule has 0 rings (SSSR count). The normalized spacial score (nSPS) is 12.8. The summed E-state index contributed by atoms with van der Waals surface area (Å²) in [4.78, 5) is 36.9. The van der Waals surface area contributed by atoms with Gasteiger partial charge in [-0.25, -0.2) is 4.79 Å². The number of esters is 2. The summed E-state index contributed by atoms with van der Waals surface area (Å²) in [7, 11) is 5.54. The van der Waals surface area contributed by atoms with Gasteiger partial charge in [0.15, 0.2) is 12.1 Å². The Kier molecular flexibility index (Phi) is 38.9. The molecule has 1 N–H and O–H groups in total. The lowest BCUT2D eigenvalue weighted by atomic mass is 10.0. The van der Waals surface area contributed by atoms with Gasteiger partial charge in [-0.1, -0.05) is 206 Å². The van der Waals surface area contributed by atoms with E-state index >= 15 is 0 Å². The highest BCUT2D eigenvalue weighted by molar-refractivity contribution is 5.72. The molecule has 0 aromatic carbocycles. The number of likely N-dealkylation sites (N-methyl/N-ethyl adjacent to an activating group) is 1. The van der Waals surface area contributed by atoms with Crippen molar-refractivity contribution < 1.29 is 38.2 Å². The number of hydrogen-bond acceptors (Lipinski definition) is 6. The van der Waals surface area contributed by atoms with Crippen molar-refractivity contribution in [3.8, 4) is 0 Å². The van der Waals surface area contributed by atoms with Crippen molar-refractivity contribution in [1.29, 1.82) is 0 Å². The molecule has 2 unspecified atom stereocenters. The summed E-state index contributed by atoms with van der Waals surface area (Å²) < 4.78 is 17.3. The minimum absolute atomic E-state index is 0.0421. The molecule has 8 nitrogen and oxygen atoms in total. The Morgan fingerprint density at radius 3 is 1.11 bits per heavy atom. The van der Waals surface area contributed by atoms with Crippen LogP contribution in [0.15, 0.2) is 0 Å². The van der Waals surface area contributed by atoms with Gasteiger partial charge in [-0.15, -0.1) is 0 Å². The van der Waals surface area contributed by atoms with Gasteiger partial charge in [-0.2, -0.15) is 0 Å². The number of carbonyl (C=O) groups excluding carboxylic acids is 2. The zero-order valence-corrected chi connectivity index (χ0v) is 37.9. The van der Waals surface area contributed by atoms with Crippen LogP contribution in [0, 0.1) is 0 Å². The monoisotopic (exact) mass is 797 g/mol. The van der Waals surface area contributed by atoms with Crippen LogP contribution in [-0.4, -0.2) is 80.6 Å². The first-order valence-electron chi connectivity index (χ1n) is 24.1. The van der Waals surface area contributed by atoms with Crippen LogP contribution in [0.1, 0.15) is 239 Å². The summed E-state index contributed by atoms with van der Waals surface area (Å²) >= 11 is 0. The molecule has 56 heavy (non-hydrogen) atoms. The van der Waals surface area contributed by atoms with E-state index in [0.29, 0.717) is 19.3 Å². The lowest BCUT2D eigenvalue weighted by Crippen LogP contribution is -2.50. The number of hydrogen-bond donors (Lipinski definition) is 1. The van der Waals surface area contributed by atoms with Crippen molar-refractivity contribution in [2.24, 2.45) is 0 Å². The van der Waals surface area contributed by atoms with E-state index in [-0.39, 0.29) is 36.2 Å². The Balaban J connectivity index is 4.10. The van der Waals surface area contributed by atoms with Crippen LogP contribution in [-0.2, 0) is 28.6 Å². The van der Waals surface area contributed by atoms with Crippen LogP contribution >= 0.6 is 0 Å². The van der Waals surface area contributed by atoms with Gasteiger partial charge in [0.1, 0.15) is 6.61 Å². The highest BCUT2D eigenvalue weighted by Gasteiger charge is 2.31.